The van der Waals surface area contributed by atoms with Crippen LogP contribution in [-0.2, 0) is 0 Å². The molecule has 1 saturated heterocycles. The Labute approximate surface area is 102 Å². The highest BCUT2D eigenvalue weighted by atomic mass is 19.1. The third kappa shape index (κ3) is 3.43. The number of ether oxygens (including phenoxy) is 1. The molecule has 0 aliphatic carbocycles. The van der Waals surface area contributed by atoms with Gasteiger partial charge in [0.2, 0.25) is 0 Å². The second-order valence-electron chi connectivity index (χ2n) is 5.00. The Morgan fingerprint density at radius 3 is 3.00 bits per heavy atom. The number of halogens is 1. The standard InChI is InChI=1S/C14H20FNO/c1-11-10-16(2)8-4-7-14(11)17-13-6-3-5-12(15)9-13/h3,5-6,9,11,14H,4,7-8,10H2,1-2H3. The molecular weight excluding hydrogens is 217 g/mol. The maximum atomic E-state index is 13.1. The molecule has 0 amide bonds. The average molecular weight is 237 g/mol. The predicted molar refractivity (Wildman–Crippen MR) is 66.7 cm³/mol. The Balaban J connectivity index is 2.02. The Bertz CT molecular complexity index is 369. The average Bonchev–Trinajstić information content (AvgIpc) is 2.41. The molecule has 17 heavy (non-hydrogen) atoms. The Morgan fingerprint density at radius 2 is 2.24 bits per heavy atom. The van der Waals surface area contributed by atoms with Crippen molar-refractivity contribution in [2.45, 2.75) is 25.9 Å². The Hall–Kier alpha value is -1.09. The van der Waals surface area contributed by atoms with E-state index in [4.69, 9.17) is 4.74 Å². The van der Waals surface area contributed by atoms with Crippen LogP contribution in [0, 0.1) is 11.7 Å². The van der Waals surface area contributed by atoms with Gasteiger partial charge in [-0.25, -0.2) is 4.39 Å². The number of nitrogens with zero attached hydrogens (tertiary/aromatic N) is 1. The zero-order chi connectivity index (χ0) is 12.3. The smallest absolute Gasteiger partial charge is 0.126 e. The first-order valence-corrected chi connectivity index (χ1v) is 6.26. The van der Waals surface area contributed by atoms with Crippen molar-refractivity contribution >= 4 is 0 Å². The second-order valence-corrected chi connectivity index (χ2v) is 5.00. The van der Waals surface area contributed by atoms with Gasteiger partial charge in [-0.1, -0.05) is 13.0 Å². The largest absolute Gasteiger partial charge is 0.490 e. The van der Waals surface area contributed by atoms with Crippen LogP contribution in [0.25, 0.3) is 0 Å². The first-order chi connectivity index (χ1) is 8.15. The van der Waals surface area contributed by atoms with Crippen molar-refractivity contribution in [2.24, 2.45) is 5.92 Å². The van der Waals surface area contributed by atoms with E-state index in [2.05, 4.69) is 18.9 Å². The molecule has 3 heteroatoms. The van der Waals surface area contributed by atoms with E-state index < -0.39 is 0 Å². The van der Waals surface area contributed by atoms with Gasteiger partial charge in [-0.2, -0.15) is 0 Å². The summed E-state index contributed by atoms with van der Waals surface area (Å²) >= 11 is 0. The molecule has 0 radical (unpaired) electrons. The van der Waals surface area contributed by atoms with Gasteiger partial charge >= 0.3 is 0 Å². The lowest BCUT2D eigenvalue weighted by Crippen LogP contribution is -2.30. The summed E-state index contributed by atoms with van der Waals surface area (Å²) in [6.45, 7) is 4.36. The molecule has 0 bridgehead atoms. The molecule has 0 N–H and O–H groups in total. The molecule has 0 saturated carbocycles. The summed E-state index contributed by atoms with van der Waals surface area (Å²) in [7, 11) is 2.14. The van der Waals surface area contributed by atoms with E-state index in [0.717, 1.165) is 25.9 Å². The van der Waals surface area contributed by atoms with Crippen LogP contribution >= 0.6 is 0 Å². The fourth-order valence-corrected chi connectivity index (χ4v) is 2.44. The van der Waals surface area contributed by atoms with Crippen LogP contribution in [0.1, 0.15) is 19.8 Å². The Morgan fingerprint density at radius 1 is 1.41 bits per heavy atom. The van der Waals surface area contributed by atoms with E-state index in [1.54, 1.807) is 6.07 Å². The molecule has 0 aromatic heterocycles. The zero-order valence-corrected chi connectivity index (χ0v) is 10.5. The molecule has 2 unspecified atom stereocenters. The van der Waals surface area contributed by atoms with Crippen molar-refractivity contribution < 1.29 is 9.13 Å². The highest BCUT2D eigenvalue weighted by Gasteiger charge is 2.23. The number of hydrogen-bond donors (Lipinski definition) is 0. The molecule has 2 rings (SSSR count). The highest BCUT2D eigenvalue weighted by molar-refractivity contribution is 5.22. The molecule has 1 heterocycles. The summed E-state index contributed by atoms with van der Waals surface area (Å²) in [5.41, 5.74) is 0. The fourth-order valence-electron chi connectivity index (χ4n) is 2.44. The Kier molecular flexibility index (Phi) is 4.00. The second kappa shape index (κ2) is 5.50. The lowest BCUT2D eigenvalue weighted by atomic mass is 10.0. The van der Waals surface area contributed by atoms with Crippen molar-refractivity contribution in [3.05, 3.63) is 30.1 Å². The molecule has 1 aliphatic heterocycles. The maximum Gasteiger partial charge on any atom is 0.126 e. The van der Waals surface area contributed by atoms with E-state index in [-0.39, 0.29) is 11.9 Å². The third-order valence-corrected chi connectivity index (χ3v) is 3.35. The van der Waals surface area contributed by atoms with Crippen LogP contribution in [-0.4, -0.2) is 31.1 Å². The fraction of sp³-hybridized carbons (Fsp3) is 0.571. The third-order valence-electron chi connectivity index (χ3n) is 3.35. The van der Waals surface area contributed by atoms with Crippen LogP contribution < -0.4 is 4.74 Å². The van der Waals surface area contributed by atoms with Gasteiger partial charge in [0.1, 0.15) is 17.7 Å². The predicted octanol–water partition coefficient (Wildman–Crippen LogP) is 2.93. The number of hydrogen-bond acceptors (Lipinski definition) is 2. The van der Waals surface area contributed by atoms with Gasteiger partial charge in [-0.05, 0) is 38.6 Å². The van der Waals surface area contributed by atoms with Gasteiger partial charge in [-0.3, -0.25) is 0 Å². The quantitative estimate of drug-likeness (QED) is 0.784. The van der Waals surface area contributed by atoms with E-state index in [1.165, 1.54) is 12.1 Å². The van der Waals surface area contributed by atoms with Crippen molar-refractivity contribution in [3.63, 3.8) is 0 Å². The first-order valence-electron chi connectivity index (χ1n) is 6.26. The first kappa shape index (κ1) is 12.4. The van der Waals surface area contributed by atoms with Gasteiger partial charge in [0, 0.05) is 18.5 Å². The van der Waals surface area contributed by atoms with Crippen LogP contribution in [0.2, 0.25) is 0 Å². The number of likely N-dealkylation sites (tertiary alicyclic amines) is 1. The van der Waals surface area contributed by atoms with Gasteiger partial charge < -0.3 is 9.64 Å². The molecule has 94 valence electrons. The lowest BCUT2D eigenvalue weighted by Gasteiger charge is -2.24. The minimum absolute atomic E-state index is 0.196. The van der Waals surface area contributed by atoms with Crippen LogP contribution in [0.15, 0.2) is 24.3 Å². The van der Waals surface area contributed by atoms with Crippen molar-refractivity contribution in [2.75, 3.05) is 20.1 Å². The summed E-state index contributed by atoms with van der Waals surface area (Å²) in [4.78, 5) is 2.33. The van der Waals surface area contributed by atoms with Crippen molar-refractivity contribution in [1.82, 2.24) is 4.90 Å². The van der Waals surface area contributed by atoms with Gasteiger partial charge in [0.05, 0.1) is 0 Å². The summed E-state index contributed by atoms with van der Waals surface area (Å²) in [6, 6.07) is 6.42. The number of benzene rings is 1. The highest BCUT2D eigenvalue weighted by Crippen LogP contribution is 2.22. The van der Waals surface area contributed by atoms with Gasteiger partial charge in [0.25, 0.3) is 0 Å². The SMILES string of the molecule is CC1CN(C)CCCC1Oc1cccc(F)c1. The van der Waals surface area contributed by atoms with Gasteiger partial charge in [0.15, 0.2) is 0 Å². The van der Waals surface area contributed by atoms with Crippen LogP contribution in [0.5, 0.6) is 5.75 Å². The zero-order valence-electron chi connectivity index (χ0n) is 10.5. The van der Waals surface area contributed by atoms with Crippen LogP contribution in [0.4, 0.5) is 4.39 Å². The molecule has 2 nitrogen and oxygen atoms in total. The summed E-state index contributed by atoms with van der Waals surface area (Å²) in [5.74, 6) is 0.887. The molecule has 1 aromatic carbocycles. The maximum absolute atomic E-state index is 13.1. The van der Waals surface area contributed by atoms with E-state index in [1.807, 2.05) is 6.07 Å². The van der Waals surface area contributed by atoms with Crippen LogP contribution in [0.3, 0.4) is 0 Å². The van der Waals surface area contributed by atoms with E-state index in [9.17, 15) is 4.39 Å². The van der Waals surface area contributed by atoms with E-state index in [0.29, 0.717) is 11.7 Å². The minimum atomic E-state index is -0.235. The van der Waals surface area contributed by atoms with Gasteiger partial charge in [-0.15, -0.1) is 0 Å². The van der Waals surface area contributed by atoms with Crippen molar-refractivity contribution in [3.8, 4) is 5.75 Å². The summed E-state index contributed by atoms with van der Waals surface area (Å²) in [6.07, 6.45) is 2.38. The normalized spacial score (nSPS) is 26.5. The molecule has 2 atom stereocenters. The monoisotopic (exact) mass is 237 g/mol. The topological polar surface area (TPSA) is 12.5 Å². The molecular formula is C14H20FNO. The lowest BCUT2D eigenvalue weighted by molar-refractivity contribution is 0.130. The molecule has 1 aliphatic rings. The van der Waals surface area contributed by atoms with E-state index >= 15 is 0 Å². The minimum Gasteiger partial charge on any atom is -0.490 e. The molecule has 1 fully saturated rings. The van der Waals surface area contributed by atoms with Crippen molar-refractivity contribution in [1.29, 1.82) is 0 Å². The number of rotatable bonds is 2. The molecule has 1 aromatic rings. The summed E-state index contributed by atoms with van der Waals surface area (Å²) < 4.78 is 19.0. The molecule has 0 spiro atoms. The summed E-state index contributed by atoms with van der Waals surface area (Å²) in [5, 5.41) is 0.